The van der Waals surface area contributed by atoms with E-state index in [9.17, 15) is 4.79 Å². The molecule has 4 rings (SSSR count). The Morgan fingerprint density at radius 2 is 1.91 bits per heavy atom. The summed E-state index contributed by atoms with van der Waals surface area (Å²) >= 11 is 7.36. The summed E-state index contributed by atoms with van der Waals surface area (Å²) in [5.74, 6) is 2.47. The number of fused-ring (bicyclic) bond motifs is 1. The first-order chi connectivity index (χ1) is 16.5. The van der Waals surface area contributed by atoms with E-state index in [0.717, 1.165) is 16.9 Å². The lowest BCUT2D eigenvalue weighted by molar-refractivity contribution is -0.119. The third-order valence-electron chi connectivity index (χ3n) is 5.37. The number of allylic oxidation sites excluding steroid dienone is 1. The third-order valence-corrected chi connectivity index (χ3v) is 6.59. The zero-order valence-electron chi connectivity index (χ0n) is 19.2. The minimum absolute atomic E-state index is 0.0835. The molecule has 3 aromatic rings. The van der Waals surface area contributed by atoms with E-state index >= 15 is 0 Å². The molecule has 0 aliphatic carbocycles. The largest absolute Gasteiger partial charge is 0.486 e. The molecule has 0 unspecified atom stereocenters. The maximum atomic E-state index is 12.9. The standard InChI is InChI=1S/C25H27ClN4O3S/c1-4-11-30-24(17-5-8-19(26)9-6-17)28-29-25(30)34-15-22(31)27-23(16(2)3)18-7-10-20-21(14-18)33-13-12-32-20/h4-10,14,16,23H,1,11-13,15H2,2-3H3,(H,27,31)/t23-/m1/s1. The first-order valence-corrected chi connectivity index (χ1v) is 12.4. The van der Waals surface area contributed by atoms with Crippen LogP contribution in [0.2, 0.25) is 5.02 Å². The molecule has 2 aromatic carbocycles. The molecule has 9 heteroatoms. The Labute approximate surface area is 208 Å². The van der Waals surface area contributed by atoms with E-state index in [-0.39, 0.29) is 23.6 Å². The van der Waals surface area contributed by atoms with Crippen LogP contribution in [0.15, 0.2) is 60.3 Å². The van der Waals surface area contributed by atoms with Gasteiger partial charge in [0.05, 0.1) is 11.8 Å². The predicted molar refractivity (Wildman–Crippen MR) is 135 cm³/mol. The molecule has 1 N–H and O–H groups in total. The van der Waals surface area contributed by atoms with Gasteiger partial charge in [-0.05, 0) is 47.9 Å². The fourth-order valence-corrected chi connectivity index (χ4v) is 4.62. The van der Waals surface area contributed by atoms with Gasteiger partial charge in [0.1, 0.15) is 13.2 Å². The Morgan fingerprint density at radius 1 is 1.18 bits per heavy atom. The molecule has 1 aromatic heterocycles. The fourth-order valence-electron chi connectivity index (χ4n) is 3.74. The molecule has 0 bridgehead atoms. The number of carbonyl (C=O) groups is 1. The molecule has 1 amide bonds. The van der Waals surface area contributed by atoms with Crippen LogP contribution >= 0.6 is 23.4 Å². The smallest absolute Gasteiger partial charge is 0.230 e. The number of aromatic nitrogens is 3. The van der Waals surface area contributed by atoms with E-state index in [0.29, 0.717) is 41.5 Å². The van der Waals surface area contributed by atoms with E-state index < -0.39 is 0 Å². The van der Waals surface area contributed by atoms with Crippen molar-refractivity contribution in [3.63, 3.8) is 0 Å². The Hall–Kier alpha value is -2.97. The number of hydrogen-bond donors (Lipinski definition) is 1. The highest BCUT2D eigenvalue weighted by Crippen LogP contribution is 2.34. The summed E-state index contributed by atoms with van der Waals surface area (Å²) in [7, 11) is 0. The fraction of sp³-hybridized carbons (Fsp3) is 0.320. The van der Waals surface area contributed by atoms with Gasteiger partial charge >= 0.3 is 0 Å². The Balaban J connectivity index is 1.45. The second kappa shape index (κ2) is 11.0. The summed E-state index contributed by atoms with van der Waals surface area (Å²) in [5.41, 5.74) is 1.88. The SMILES string of the molecule is C=CCn1c(SCC(=O)N[C@@H](c2ccc3c(c2)OCCO3)C(C)C)nnc1-c1ccc(Cl)cc1. The highest BCUT2D eigenvalue weighted by Gasteiger charge is 2.22. The van der Waals surface area contributed by atoms with E-state index in [4.69, 9.17) is 21.1 Å². The molecule has 1 aliphatic rings. The van der Waals surface area contributed by atoms with Crippen molar-refractivity contribution >= 4 is 29.3 Å². The summed E-state index contributed by atoms with van der Waals surface area (Å²) in [6.07, 6.45) is 1.78. The Morgan fingerprint density at radius 3 is 2.62 bits per heavy atom. The molecule has 0 radical (unpaired) electrons. The summed E-state index contributed by atoms with van der Waals surface area (Å²) in [6.45, 7) is 9.59. The zero-order valence-corrected chi connectivity index (χ0v) is 20.7. The number of thioether (sulfide) groups is 1. The Kier molecular flexibility index (Phi) is 7.80. The number of carbonyl (C=O) groups excluding carboxylic acids is 1. The summed E-state index contributed by atoms with van der Waals surface area (Å²) < 4.78 is 13.3. The van der Waals surface area contributed by atoms with Gasteiger partial charge in [-0.3, -0.25) is 9.36 Å². The van der Waals surface area contributed by atoms with Crippen LogP contribution < -0.4 is 14.8 Å². The van der Waals surface area contributed by atoms with Gasteiger partial charge in [0.2, 0.25) is 5.91 Å². The highest BCUT2D eigenvalue weighted by molar-refractivity contribution is 7.99. The van der Waals surface area contributed by atoms with Crippen LogP contribution in [0, 0.1) is 5.92 Å². The molecule has 7 nitrogen and oxygen atoms in total. The molecule has 1 aliphatic heterocycles. The van der Waals surface area contributed by atoms with E-state index in [2.05, 4.69) is 35.9 Å². The quantitative estimate of drug-likeness (QED) is 0.324. The van der Waals surface area contributed by atoms with Crippen molar-refractivity contribution < 1.29 is 14.3 Å². The number of ether oxygens (including phenoxy) is 2. The molecular formula is C25H27ClN4O3S. The van der Waals surface area contributed by atoms with Gasteiger partial charge in [-0.15, -0.1) is 16.8 Å². The molecule has 0 fully saturated rings. The summed E-state index contributed by atoms with van der Waals surface area (Å²) in [4.78, 5) is 12.9. The van der Waals surface area contributed by atoms with Crippen molar-refractivity contribution in [3.05, 3.63) is 65.7 Å². The van der Waals surface area contributed by atoms with Crippen molar-refractivity contribution in [1.82, 2.24) is 20.1 Å². The summed E-state index contributed by atoms with van der Waals surface area (Å²) in [6, 6.07) is 13.1. The highest BCUT2D eigenvalue weighted by atomic mass is 35.5. The number of halogens is 1. The van der Waals surface area contributed by atoms with Gasteiger partial charge in [0.15, 0.2) is 22.5 Å². The Bertz CT molecular complexity index is 1160. The normalized spacial score (nSPS) is 13.5. The molecule has 0 saturated carbocycles. The van der Waals surface area contributed by atoms with Crippen molar-refractivity contribution in [3.8, 4) is 22.9 Å². The zero-order chi connectivity index (χ0) is 24.1. The van der Waals surface area contributed by atoms with Crippen LogP contribution in [0.3, 0.4) is 0 Å². The molecule has 178 valence electrons. The van der Waals surface area contributed by atoms with E-state index in [1.54, 1.807) is 6.08 Å². The monoisotopic (exact) mass is 498 g/mol. The summed E-state index contributed by atoms with van der Waals surface area (Å²) in [5, 5.41) is 13.1. The van der Waals surface area contributed by atoms with Crippen molar-refractivity contribution in [1.29, 1.82) is 0 Å². The molecular weight excluding hydrogens is 472 g/mol. The van der Waals surface area contributed by atoms with Gasteiger partial charge in [-0.1, -0.05) is 49.4 Å². The lowest BCUT2D eigenvalue weighted by Crippen LogP contribution is -2.33. The minimum atomic E-state index is -0.153. The lowest BCUT2D eigenvalue weighted by Gasteiger charge is -2.25. The van der Waals surface area contributed by atoms with Crippen molar-refractivity contribution in [2.75, 3.05) is 19.0 Å². The average Bonchev–Trinajstić information content (AvgIpc) is 3.24. The van der Waals surface area contributed by atoms with Crippen LogP contribution in [0.25, 0.3) is 11.4 Å². The predicted octanol–water partition coefficient (Wildman–Crippen LogP) is 5.16. The second-order valence-corrected chi connectivity index (χ2v) is 9.57. The average molecular weight is 499 g/mol. The number of nitrogens with one attached hydrogen (secondary N) is 1. The molecule has 2 heterocycles. The molecule has 0 saturated heterocycles. The minimum Gasteiger partial charge on any atom is -0.486 e. The number of amides is 1. The van der Waals surface area contributed by atoms with Gasteiger partial charge in [-0.2, -0.15) is 0 Å². The van der Waals surface area contributed by atoms with Crippen LogP contribution in [-0.2, 0) is 11.3 Å². The van der Waals surface area contributed by atoms with Gasteiger partial charge in [0, 0.05) is 17.1 Å². The maximum absolute atomic E-state index is 12.9. The number of benzene rings is 2. The number of nitrogens with zero attached hydrogens (tertiary/aromatic N) is 3. The first-order valence-electron chi connectivity index (χ1n) is 11.1. The van der Waals surface area contributed by atoms with Crippen molar-refractivity contribution in [2.24, 2.45) is 5.92 Å². The molecule has 0 spiro atoms. The number of hydrogen-bond acceptors (Lipinski definition) is 6. The van der Waals surface area contributed by atoms with Crippen LogP contribution in [0.5, 0.6) is 11.5 Å². The third kappa shape index (κ3) is 5.56. The lowest BCUT2D eigenvalue weighted by atomic mass is 9.95. The van der Waals surface area contributed by atoms with Crippen LogP contribution in [0.4, 0.5) is 0 Å². The van der Waals surface area contributed by atoms with E-state index in [1.807, 2.05) is 47.0 Å². The maximum Gasteiger partial charge on any atom is 0.230 e. The van der Waals surface area contributed by atoms with Crippen LogP contribution in [-0.4, -0.2) is 39.6 Å². The van der Waals surface area contributed by atoms with E-state index in [1.165, 1.54) is 11.8 Å². The number of rotatable bonds is 9. The first kappa shape index (κ1) is 24.2. The second-order valence-electron chi connectivity index (χ2n) is 8.19. The van der Waals surface area contributed by atoms with Gasteiger partial charge in [0.25, 0.3) is 0 Å². The van der Waals surface area contributed by atoms with Gasteiger partial charge < -0.3 is 14.8 Å². The van der Waals surface area contributed by atoms with Crippen LogP contribution in [0.1, 0.15) is 25.5 Å². The topological polar surface area (TPSA) is 78.3 Å². The molecule has 1 atom stereocenters. The molecule has 34 heavy (non-hydrogen) atoms. The van der Waals surface area contributed by atoms with Gasteiger partial charge in [-0.25, -0.2) is 0 Å². The van der Waals surface area contributed by atoms with Crippen molar-refractivity contribution in [2.45, 2.75) is 31.6 Å².